The molecule has 6 aromatic heterocycles. The molecule has 13 heteroatoms. The standard InChI is InChI=1S/C23H20N4OS.C12H12N2S.C11H10N2O2/c28-22(21-6-3-11-27(21)14-16-7-9-24-10-8-16)26-23-25-20(15-29-23)19-12-17-4-1-2-5-18(17)13-19;13-12-14-11(7-15-12)10-5-8-3-1-2-4-9(8)6-10;14-11(15)10-2-1-7-13(10)8-9-3-5-12-6-4-9/h1-11,15,19H,12-14H2,(H,25,26,28);1-4,7,10H,5-6H2,(H2,13,14);1-7H,8H2,(H,14,15). The molecule has 2 aromatic carbocycles. The smallest absolute Gasteiger partial charge is 0.352 e. The Morgan fingerprint density at radius 2 is 1.08 bits per heavy atom. The molecular formula is C46H42N8O3S2. The number of nitrogens with two attached hydrogens (primary N) is 1. The highest BCUT2D eigenvalue weighted by atomic mass is 32.1. The van der Waals surface area contributed by atoms with Crippen LogP contribution in [0.2, 0.25) is 0 Å². The summed E-state index contributed by atoms with van der Waals surface area (Å²) in [6, 6.07) is 31.9. The minimum Gasteiger partial charge on any atom is -0.477 e. The molecule has 11 nitrogen and oxygen atoms in total. The third-order valence-electron chi connectivity index (χ3n) is 10.5. The van der Waals surface area contributed by atoms with Gasteiger partial charge in [0.2, 0.25) is 0 Å². The second-order valence-corrected chi connectivity index (χ2v) is 16.2. The lowest BCUT2D eigenvalue weighted by Crippen LogP contribution is -2.17. The molecule has 2 aliphatic rings. The number of hydrogen-bond donors (Lipinski definition) is 3. The number of hydrogen-bond acceptors (Lipinski definition) is 9. The third kappa shape index (κ3) is 9.71. The summed E-state index contributed by atoms with van der Waals surface area (Å²) in [5.41, 5.74) is 16.7. The van der Waals surface area contributed by atoms with Crippen LogP contribution in [0.15, 0.2) is 145 Å². The molecule has 0 saturated heterocycles. The molecule has 8 aromatic rings. The number of pyridine rings is 2. The van der Waals surface area contributed by atoms with E-state index in [1.165, 1.54) is 44.9 Å². The van der Waals surface area contributed by atoms with Crippen LogP contribution < -0.4 is 11.1 Å². The molecular weight excluding hydrogens is 777 g/mol. The van der Waals surface area contributed by atoms with E-state index in [0.717, 1.165) is 48.2 Å². The van der Waals surface area contributed by atoms with E-state index in [9.17, 15) is 9.59 Å². The Kier molecular flexibility index (Phi) is 12.1. The van der Waals surface area contributed by atoms with Crippen LogP contribution in [0.5, 0.6) is 0 Å². The van der Waals surface area contributed by atoms with Crippen LogP contribution in [-0.2, 0) is 38.8 Å². The Bertz CT molecular complexity index is 2600. The number of aromatic nitrogens is 6. The van der Waals surface area contributed by atoms with Crippen LogP contribution in [0, 0.1) is 0 Å². The Balaban J connectivity index is 0.000000136. The summed E-state index contributed by atoms with van der Waals surface area (Å²) < 4.78 is 3.63. The molecule has 0 radical (unpaired) electrons. The van der Waals surface area contributed by atoms with Gasteiger partial charge in [0.05, 0.1) is 11.4 Å². The number of thiazole rings is 2. The molecule has 2 aliphatic carbocycles. The maximum Gasteiger partial charge on any atom is 0.352 e. The van der Waals surface area contributed by atoms with Gasteiger partial charge in [0.25, 0.3) is 5.91 Å². The molecule has 0 saturated carbocycles. The van der Waals surface area contributed by atoms with Crippen molar-refractivity contribution in [2.75, 3.05) is 11.1 Å². The number of rotatable bonds is 9. The van der Waals surface area contributed by atoms with E-state index in [2.05, 4.69) is 79.6 Å². The number of carbonyl (C=O) groups is 2. The highest BCUT2D eigenvalue weighted by Gasteiger charge is 2.26. The van der Waals surface area contributed by atoms with Crippen molar-refractivity contribution in [3.05, 3.63) is 201 Å². The van der Waals surface area contributed by atoms with Crippen LogP contribution >= 0.6 is 22.7 Å². The Labute approximate surface area is 349 Å². The molecule has 4 N–H and O–H groups in total. The van der Waals surface area contributed by atoms with E-state index in [1.807, 2.05) is 47.2 Å². The second-order valence-electron chi connectivity index (χ2n) is 14.4. The SMILES string of the molecule is Nc1nc(C2Cc3ccccc3C2)cs1.O=C(Nc1nc(C2Cc3ccccc3C2)cs1)c1cccn1Cc1ccncc1.O=C(O)c1cccn1Cc1ccncc1. The molecule has 296 valence electrons. The van der Waals surface area contributed by atoms with Crippen LogP contribution in [0.3, 0.4) is 0 Å². The van der Waals surface area contributed by atoms with E-state index in [-0.39, 0.29) is 5.91 Å². The van der Waals surface area contributed by atoms with Crippen molar-refractivity contribution >= 4 is 44.8 Å². The zero-order valence-electron chi connectivity index (χ0n) is 32.1. The third-order valence-corrected chi connectivity index (χ3v) is 12.0. The van der Waals surface area contributed by atoms with Crippen molar-refractivity contribution < 1.29 is 14.7 Å². The minimum absolute atomic E-state index is 0.139. The van der Waals surface area contributed by atoms with Crippen LogP contribution in [-0.4, -0.2) is 46.1 Å². The molecule has 10 rings (SSSR count). The van der Waals surface area contributed by atoms with E-state index >= 15 is 0 Å². The van der Waals surface area contributed by atoms with Gasteiger partial charge in [-0.2, -0.15) is 0 Å². The van der Waals surface area contributed by atoms with Crippen molar-refractivity contribution in [3.63, 3.8) is 0 Å². The largest absolute Gasteiger partial charge is 0.477 e. The fraction of sp³-hybridized carbons (Fsp3) is 0.174. The summed E-state index contributed by atoms with van der Waals surface area (Å²) in [6.45, 7) is 1.18. The Morgan fingerprint density at radius 3 is 1.56 bits per heavy atom. The lowest BCUT2D eigenvalue weighted by molar-refractivity contribution is 0.0685. The lowest BCUT2D eigenvalue weighted by Gasteiger charge is -2.09. The molecule has 0 unspecified atom stereocenters. The number of carboxylic acid groups (broad SMARTS) is 1. The number of fused-ring (bicyclic) bond motifs is 2. The molecule has 0 spiro atoms. The first-order valence-corrected chi connectivity index (χ1v) is 21.0. The minimum atomic E-state index is -0.908. The number of aromatic carboxylic acids is 1. The topological polar surface area (TPSA) is 154 Å². The summed E-state index contributed by atoms with van der Waals surface area (Å²) in [5.74, 6) is -0.116. The summed E-state index contributed by atoms with van der Waals surface area (Å²) in [6.07, 6.45) is 14.8. The zero-order valence-corrected chi connectivity index (χ0v) is 33.7. The highest BCUT2D eigenvalue weighted by Crippen LogP contribution is 2.36. The lowest BCUT2D eigenvalue weighted by atomic mass is 10.0. The number of nitrogens with zero attached hydrogens (tertiary/aromatic N) is 6. The quantitative estimate of drug-likeness (QED) is 0.131. The first-order chi connectivity index (χ1) is 28.9. The van der Waals surface area contributed by atoms with E-state index in [0.29, 0.717) is 46.6 Å². The van der Waals surface area contributed by atoms with Crippen molar-refractivity contribution in [1.82, 2.24) is 29.1 Å². The number of anilines is 2. The first-order valence-electron chi connectivity index (χ1n) is 19.3. The van der Waals surface area contributed by atoms with Crippen molar-refractivity contribution in [2.45, 2.75) is 50.6 Å². The van der Waals surface area contributed by atoms with Gasteiger partial charge in [0.15, 0.2) is 10.3 Å². The van der Waals surface area contributed by atoms with Gasteiger partial charge in [0.1, 0.15) is 11.4 Å². The van der Waals surface area contributed by atoms with Crippen LogP contribution in [0.4, 0.5) is 10.3 Å². The predicted octanol–water partition coefficient (Wildman–Crippen LogP) is 8.76. The van der Waals surface area contributed by atoms with E-state index in [1.54, 1.807) is 47.7 Å². The summed E-state index contributed by atoms with van der Waals surface area (Å²) in [7, 11) is 0. The Hall–Kier alpha value is -6.70. The van der Waals surface area contributed by atoms with Crippen molar-refractivity contribution in [1.29, 1.82) is 0 Å². The van der Waals surface area contributed by atoms with Gasteiger partial charge < -0.3 is 20.0 Å². The number of carbonyl (C=O) groups excluding carboxylic acids is 1. The number of amides is 1. The van der Waals surface area contributed by atoms with Crippen molar-refractivity contribution in [3.8, 4) is 0 Å². The predicted molar refractivity (Wildman–Crippen MR) is 232 cm³/mol. The van der Waals surface area contributed by atoms with Gasteiger partial charge in [-0.25, -0.2) is 14.8 Å². The molecule has 0 bridgehead atoms. The van der Waals surface area contributed by atoms with Crippen LogP contribution in [0.1, 0.15) is 77.6 Å². The maximum atomic E-state index is 12.8. The molecule has 0 fully saturated rings. The monoisotopic (exact) mass is 818 g/mol. The molecule has 59 heavy (non-hydrogen) atoms. The van der Waals surface area contributed by atoms with Crippen LogP contribution in [0.25, 0.3) is 0 Å². The normalized spacial score (nSPS) is 13.1. The van der Waals surface area contributed by atoms with Gasteiger partial charge in [-0.3, -0.25) is 20.1 Å². The number of carboxylic acids is 1. The number of benzene rings is 2. The summed E-state index contributed by atoms with van der Waals surface area (Å²) in [4.78, 5) is 40.7. The Morgan fingerprint density at radius 1 is 0.627 bits per heavy atom. The number of nitrogen functional groups attached to an aromatic ring is 1. The van der Waals surface area contributed by atoms with Gasteiger partial charge in [-0.05, 0) is 108 Å². The van der Waals surface area contributed by atoms with Gasteiger partial charge in [-0.15, -0.1) is 22.7 Å². The maximum absolute atomic E-state index is 12.8. The fourth-order valence-electron chi connectivity index (χ4n) is 7.59. The van der Waals surface area contributed by atoms with E-state index < -0.39 is 5.97 Å². The van der Waals surface area contributed by atoms with Crippen molar-refractivity contribution in [2.24, 2.45) is 0 Å². The average molecular weight is 819 g/mol. The first kappa shape index (κ1) is 39.1. The molecule has 0 atom stereocenters. The van der Waals surface area contributed by atoms with Gasteiger partial charge in [-0.1, -0.05) is 48.5 Å². The molecule has 0 aliphatic heterocycles. The van der Waals surface area contributed by atoms with E-state index in [4.69, 9.17) is 15.8 Å². The average Bonchev–Trinajstić information content (AvgIpc) is 4.11. The second kappa shape index (κ2) is 18.3. The highest BCUT2D eigenvalue weighted by molar-refractivity contribution is 7.14. The summed E-state index contributed by atoms with van der Waals surface area (Å²) in [5, 5.41) is 17.4. The summed E-state index contributed by atoms with van der Waals surface area (Å²) >= 11 is 3.03. The molecule has 6 heterocycles. The van der Waals surface area contributed by atoms with Gasteiger partial charge >= 0.3 is 5.97 Å². The zero-order chi connectivity index (χ0) is 40.6. The number of nitrogens with one attached hydrogen (secondary N) is 1. The fourth-order valence-corrected chi connectivity index (χ4v) is 9.02. The van der Waals surface area contributed by atoms with Gasteiger partial charge in [0, 0.05) is 72.9 Å². The molecule has 1 amide bonds.